The predicted molar refractivity (Wildman–Crippen MR) is 132 cm³/mol. The van der Waals surface area contributed by atoms with Crippen molar-refractivity contribution >= 4 is 40.8 Å². The van der Waals surface area contributed by atoms with Gasteiger partial charge in [0.15, 0.2) is 5.96 Å². The highest BCUT2D eigenvalue weighted by Gasteiger charge is 2.12. The summed E-state index contributed by atoms with van der Waals surface area (Å²) >= 11 is 0. The van der Waals surface area contributed by atoms with Gasteiger partial charge in [-0.25, -0.2) is 4.99 Å². The molecule has 0 unspecified atom stereocenters. The maximum atomic E-state index is 4.77. The topological polar surface area (TPSA) is 52.6 Å². The number of fused-ring (bicyclic) bond motifs is 1. The van der Waals surface area contributed by atoms with Crippen LogP contribution in [-0.2, 0) is 6.54 Å². The number of hydrogen-bond donors (Lipinski definition) is 2. The molecule has 28 heavy (non-hydrogen) atoms. The molecule has 0 aliphatic heterocycles. The van der Waals surface area contributed by atoms with Gasteiger partial charge in [0, 0.05) is 43.3 Å². The largest absolute Gasteiger partial charge is 0.357 e. The average Bonchev–Trinajstić information content (AvgIpc) is 2.65. The Morgan fingerprint density at radius 1 is 1.07 bits per heavy atom. The maximum Gasteiger partial charge on any atom is 0.191 e. The van der Waals surface area contributed by atoms with Crippen LogP contribution in [0.15, 0.2) is 41.5 Å². The summed E-state index contributed by atoms with van der Waals surface area (Å²) in [4.78, 5) is 11.7. The maximum absolute atomic E-state index is 4.77. The van der Waals surface area contributed by atoms with E-state index >= 15 is 0 Å². The number of aromatic nitrogens is 1. The van der Waals surface area contributed by atoms with Crippen LogP contribution in [0, 0.1) is 0 Å². The van der Waals surface area contributed by atoms with Crippen LogP contribution in [0.25, 0.3) is 10.9 Å². The van der Waals surface area contributed by atoms with Crippen LogP contribution in [0.3, 0.4) is 0 Å². The molecule has 1 aromatic carbocycles. The Hall–Kier alpha value is -1.41. The van der Waals surface area contributed by atoms with Gasteiger partial charge in [-0.1, -0.05) is 18.2 Å². The lowest BCUT2D eigenvalue weighted by Gasteiger charge is -2.30. The summed E-state index contributed by atoms with van der Waals surface area (Å²) in [5.74, 6) is 0.874. The molecule has 0 radical (unpaired) electrons. The van der Waals surface area contributed by atoms with Crippen LogP contribution in [-0.4, -0.2) is 47.6 Å². The molecule has 0 saturated heterocycles. The van der Waals surface area contributed by atoms with E-state index in [1.54, 1.807) is 0 Å². The zero-order valence-electron chi connectivity index (χ0n) is 17.9. The highest BCUT2D eigenvalue weighted by atomic mass is 127. The Morgan fingerprint density at radius 2 is 1.79 bits per heavy atom. The van der Waals surface area contributed by atoms with E-state index in [1.165, 1.54) is 10.9 Å². The number of nitrogens with one attached hydrogen (secondary N) is 2. The number of para-hydroxylation sites is 1. The Kier molecular flexibility index (Phi) is 11.4. The molecule has 0 fully saturated rings. The Morgan fingerprint density at radius 3 is 2.46 bits per heavy atom. The molecule has 2 rings (SSSR count). The molecule has 0 aliphatic rings. The number of rotatable bonds is 9. The fourth-order valence-electron chi connectivity index (χ4n) is 3.38. The number of benzene rings is 1. The number of aliphatic imine (C=N–C) groups is 1. The van der Waals surface area contributed by atoms with E-state index in [1.807, 2.05) is 18.3 Å². The van der Waals surface area contributed by atoms with Crippen LogP contribution in [0.1, 0.15) is 46.6 Å². The second kappa shape index (κ2) is 12.9. The third-order valence-electron chi connectivity index (χ3n) is 4.70. The number of pyridine rings is 1. The van der Waals surface area contributed by atoms with Gasteiger partial charge in [0.2, 0.25) is 0 Å². The van der Waals surface area contributed by atoms with Crippen molar-refractivity contribution in [3.05, 3.63) is 42.1 Å². The quantitative estimate of drug-likeness (QED) is 0.233. The molecule has 2 N–H and O–H groups in total. The van der Waals surface area contributed by atoms with Crippen molar-refractivity contribution in [2.75, 3.05) is 19.6 Å². The van der Waals surface area contributed by atoms with Gasteiger partial charge >= 0.3 is 0 Å². The number of nitrogens with zero attached hydrogens (tertiary/aromatic N) is 3. The Balaban J connectivity index is 0.00000392. The van der Waals surface area contributed by atoms with E-state index < -0.39 is 0 Å². The molecule has 0 saturated carbocycles. The molecule has 0 amide bonds. The van der Waals surface area contributed by atoms with E-state index in [0.29, 0.717) is 18.6 Å². The standard InChI is InChI=1S/C22H35N5.HI/c1-6-23-22(25-13-9-15-27(17(2)3)18(4)5)26-16-19-12-14-24-21-11-8-7-10-20(19)21;/h7-8,10-12,14,17-18H,6,9,13,15-16H2,1-5H3,(H2,23,25,26);1H. The van der Waals surface area contributed by atoms with Crippen molar-refractivity contribution in [1.29, 1.82) is 0 Å². The third kappa shape index (κ3) is 7.54. The zero-order chi connectivity index (χ0) is 19.6. The fourth-order valence-corrected chi connectivity index (χ4v) is 3.38. The van der Waals surface area contributed by atoms with Gasteiger partial charge in [0.05, 0.1) is 12.1 Å². The summed E-state index contributed by atoms with van der Waals surface area (Å²) in [5, 5.41) is 7.98. The van der Waals surface area contributed by atoms with Crippen molar-refractivity contribution in [2.45, 2.75) is 59.7 Å². The molecule has 0 bridgehead atoms. The lowest BCUT2D eigenvalue weighted by molar-refractivity contribution is 0.173. The molecule has 1 heterocycles. The molecule has 0 aliphatic carbocycles. The van der Waals surface area contributed by atoms with Crippen LogP contribution in [0.4, 0.5) is 0 Å². The van der Waals surface area contributed by atoms with E-state index in [4.69, 9.17) is 4.99 Å². The molecule has 0 atom stereocenters. The van der Waals surface area contributed by atoms with Gasteiger partial charge in [-0.3, -0.25) is 9.88 Å². The molecular weight excluding hydrogens is 461 g/mol. The minimum Gasteiger partial charge on any atom is -0.357 e. The van der Waals surface area contributed by atoms with Gasteiger partial charge in [-0.2, -0.15) is 0 Å². The molecule has 6 heteroatoms. The van der Waals surface area contributed by atoms with Crippen molar-refractivity contribution in [3.8, 4) is 0 Å². The van der Waals surface area contributed by atoms with Gasteiger partial charge in [0.1, 0.15) is 0 Å². The minimum absolute atomic E-state index is 0. The Bertz CT molecular complexity index is 716. The van der Waals surface area contributed by atoms with E-state index in [9.17, 15) is 0 Å². The molecular formula is C22H36IN5. The summed E-state index contributed by atoms with van der Waals surface area (Å²) in [7, 11) is 0. The van der Waals surface area contributed by atoms with Crippen molar-refractivity contribution in [3.63, 3.8) is 0 Å². The first-order valence-electron chi connectivity index (χ1n) is 10.1. The first-order chi connectivity index (χ1) is 13.0. The second-order valence-corrected chi connectivity index (χ2v) is 7.39. The monoisotopic (exact) mass is 497 g/mol. The van der Waals surface area contributed by atoms with E-state index in [2.05, 4.69) is 73.3 Å². The number of guanidine groups is 1. The molecule has 156 valence electrons. The third-order valence-corrected chi connectivity index (χ3v) is 4.70. The van der Waals surface area contributed by atoms with Gasteiger partial charge in [0.25, 0.3) is 0 Å². The van der Waals surface area contributed by atoms with Gasteiger partial charge in [-0.05, 0) is 58.7 Å². The number of hydrogen-bond acceptors (Lipinski definition) is 3. The zero-order valence-corrected chi connectivity index (χ0v) is 20.2. The fraction of sp³-hybridized carbons (Fsp3) is 0.545. The van der Waals surface area contributed by atoms with Crippen molar-refractivity contribution in [1.82, 2.24) is 20.5 Å². The van der Waals surface area contributed by atoms with E-state index in [-0.39, 0.29) is 24.0 Å². The number of halogens is 1. The molecule has 1 aromatic heterocycles. The lowest BCUT2D eigenvalue weighted by Crippen LogP contribution is -2.41. The summed E-state index contributed by atoms with van der Waals surface area (Å²) in [6.07, 6.45) is 2.96. The van der Waals surface area contributed by atoms with Gasteiger partial charge < -0.3 is 10.6 Å². The summed E-state index contributed by atoms with van der Waals surface area (Å²) < 4.78 is 0. The molecule has 2 aromatic rings. The van der Waals surface area contributed by atoms with Crippen LogP contribution in [0.2, 0.25) is 0 Å². The average molecular weight is 497 g/mol. The highest BCUT2D eigenvalue weighted by Crippen LogP contribution is 2.16. The van der Waals surface area contributed by atoms with Crippen LogP contribution < -0.4 is 10.6 Å². The van der Waals surface area contributed by atoms with Crippen LogP contribution >= 0.6 is 24.0 Å². The SMILES string of the molecule is CCNC(=NCc1ccnc2ccccc12)NCCCN(C(C)C)C(C)C.I. The van der Waals surface area contributed by atoms with Crippen molar-refractivity contribution < 1.29 is 0 Å². The minimum atomic E-state index is 0. The summed E-state index contributed by atoms with van der Waals surface area (Å²) in [5.41, 5.74) is 2.22. The Labute approximate surface area is 187 Å². The molecule has 0 spiro atoms. The lowest BCUT2D eigenvalue weighted by atomic mass is 10.1. The highest BCUT2D eigenvalue weighted by molar-refractivity contribution is 14.0. The van der Waals surface area contributed by atoms with E-state index in [0.717, 1.165) is 37.5 Å². The summed E-state index contributed by atoms with van der Waals surface area (Å²) in [6, 6.07) is 11.4. The first-order valence-corrected chi connectivity index (χ1v) is 10.1. The smallest absolute Gasteiger partial charge is 0.191 e. The predicted octanol–water partition coefficient (Wildman–Crippen LogP) is 4.42. The van der Waals surface area contributed by atoms with Crippen molar-refractivity contribution in [2.24, 2.45) is 4.99 Å². The van der Waals surface area contributed by atoms with Gasteiger partial charge in [-0.15, -0.1) is 24.0 Å². The molecule has 5 nitrogen and oxygen atoms in total. The van der Waals surface area contributed by atoms with Crippen LogP contribution in [0.5, 0.6) is 0 Å². The summed E-state index contributed by atoms with van der Waals surface area (Å²) in [6.45, 7) is 14.6. The first kappa shape index (κ1) is 24.6. The normalized spacial score (nSPS) is 11.9. The second-order valence-electron chi connectivity index (χ2n) is 7.39.